The maximum atomic E-state index is 14.9. The highest BCUT2D eigenvalue weighted by Gasteiger charge is 2.51. The Bertz CT molecular complexity index is 805. The highest BCUT2D eigenvalue weighted by Crippen LogP contribution is 2.36. The van der Waals surface area contributed by atoms with E-state index in [4.69, 9.17) is 18.8 Å². The number of benzene rings is 1. The van der Waals surface area contributed by atoms with Gasteiger partial charge in [0.15, 0.2) is 11.6 Å². The third-order valence-corrected chi connectivity index (χ3v) is 5.69. The first-order valence-corrected chi connectivity index (χ1v) is 11.2. The monoisotopic (exact) mass is 451 g/mol. The molecule has 2 rings (SSSR count). The van der Waals surface area contributed by atoms with Crippen molar-refractivity contribution in [1.29, 1.82) is 0 Å². The predicted octanol–water partition coefficient (Wildman–Crippen LogP) is 4.83. The predicted molar refractivity (Wildman–Crippen MR) is 125 cm³/mol. The molecule has 1 aromatic rings. The van der Waals surface area contributed by atoms with E-state index in [-0.39, 0.29) is 18.3 Å². The van der Waals surface area contributed by atoms with E-state index in [2.05, 4.69) is 19.2 Å². The lowest BCUT2D eigenvalue weighted by atomic mass is 9.79. The van der Waals surface area contributed by atoms with E-state index in [1.165, 1.54) is 6.07 Å². The van der Waals surface area contributed by atoms with Gasteiger partial charge in [0.1, 0.15) is 12.2 Å². The molecule has 0 saturated carbocycles. The molecule has 6 nitrogen and oxygen atoms in total. The quantitative estimate of drug-likeness (QED) is 0.602. The zero-order valence-corrected chi connectivity index (χ0v) is 21.2. The van der Waals surface area contributed by atoms with Crippen molar-refractivity contribution in [2.45, 2.75) is 98.0 Å². The van der Waals surface area contributed by atoms with E-state index in [9.17, 15) is 9.18 Å². The molecule has 8 heteroatoms. The number of halogens is 1. The summed E-state index contributed by atoms with van der Waals surface area (Å²) in [6.07, 6.45) is 0.112. The minimum Gasteiger partial charge on any atom is -0.488 e. The molecule has 0 radical (unpaired) electrons. The minimum absolute atomic E-state index is 0.0944. The van der Waals surface area contributed by atoms with Gasteiger partial charge in [-0.25, -0.2) is 9.18 Å². The summed E-state index contributed by atoms with van der Waals surface area (Å²) in [5.41, 5.74) is -1.76. The Balaban J connectivity index is 2.11. The van der Waals surface area contributed by atoms with E-state index in [0.29, 0.717) is 11.9 Å². The van der Waals surface area contributed by atoms with E-state index in [1.54, 1.807) is 32.9 Å². The van der Waals surface area contributed by atoms with Crippen molar-refractivity contribution in [3.63, 3.8) is 0 Å². The Kier molecular flexibility index (Phi) is 7.62. The molecule has 1 atom stereocenters. The smallest absolute Gasteiger partial charge is 0.488 e. The van der Waals surface area contributed by atoms with Crippen LogP contribution in [-0.4, -0.2) is 42.2 Å². The average molecular weight is 451 g/mol. The van der Waals surface area contributed by atoms with Crippen LogP contribution in [0.4, 0.5) is 9.18 Å². The fourth-order valence-electron chi connectivity index (χ4n) is 3.59. The van der Waals surface area contributed by atoms with Crippen LogP contribution in [0.5, 0.6) is 5.75 Å². The number of hydrogen-bond donors (Lipinski definition) is 1. The molecule has 1 heterocycles. The van der Waals surface area contributed by atoms with Gasteiger partial charge in [-0.2, -0.15) is 0 Å². The number of amides is 1. The topological polar surface area (TPSA) is 66.0 Å². The van der Waals surface area contributed by atoms with Crippen molar-refractivity contribution in [2.24, 2.45) is 5.92 Å². The Morgan fingerprint density at radius 1 is 1.12 bits per heavy atom. The zero-order valence-electron chi connectivity index (χ0n) is 21.2. The second-order valence-corrected chi connectivity index (χ2v) is 11.4. The lowest BCUT2D eigenvalue weighted by molar-refractivity contribution is 0.00578. The van der Waals surface area contributed by atoms with E-state index in [0.717, 1.165) is 0 Å². The molecule has 1 saturated heterocycles. The minimum atomic E-state index is -0.729. The van der Waals surface area contributed by atoms with Gasteiger partial charge in [-0.15, -0.1) is 0 Å². The number of hydrogen-bond acceptors (Lipinski definition) is 5. The summed E-state index contributed by atoms with van der Waals surface area (Å²) < 4.78 is 38.0. The summed E-state index contributed by atoms with van der Waals surface area (Å²) >= 11 is 0. The molecular weight excluding hydrogens is 412 g/mol. The molecule has 1 unspecified atom stereocenters. The highest BCUT2D eigenvalue weighted by atomic mass is 19.1. The van der Waals surface area contributed by atoms with Gasteiger partial charge >= 0.3 is 13.2 Å². The molecule has 180 valence electrons. The van der Waals surface area contributed by atoms with E-state index in [1.807, 2.05) is 34.6 Å². The van der Waals surface area contributed by atoms with Crippen molar-refractivity contribution < 1.29 is 28.0 Å². The fourth-order valence-corrected chi connectivity index (χ4v) is 3.59. The van der Waals surface area contributed by atoms with Crippen molar-refractivity contribution in [1.82, 2.24) is 5.32 Å². The van der Waals surface area contributed by atoms with Crippen LogP contribution in [0.1, 0.15) is 75.7 Å². The summed E-state index contributed by atoms with van der Waals surface area (Å²) in [5.74, 6) is -0.123. The van der Waals surface area contributed by atoms with E-state index < -0.39 is 41.4 Å². The third-order valence-electron chi connectivity index (χ3n) is 5.69. The Morgan fingerprint density at radius 3 is 2.16 bits per heavy atom. The number of alkyl carbamates (subject to hydrolysis) is 1. The van der Waals surface area contributed by atoms with Crippen molar-refractivity contribution in [2.75, 3.05) is 6.61 Å². The average Bonchev–Trinajstić information content (AvgIpc) is 2.78. The van der Waals surface area contributed by atoms with Crippen LogP contribution < -0.4 is 15.5 Å². The number of carbonyl (C=O) groups excluding carboxylic acids is 1. The molecule has 0 spiro atoms. The largest absolute Gasteiger partial charge is 0.494 e. The van der Waals surface area contributed by atoms with E-state index >= 15 is 0 Å². The summed E-state index contributed by atoms with van der Waals surface area (Å²) in [6.45, 7) is 19.3. The number of carbonyl (C=O) groups is 1. The first-order chi connectivity index (χ1) is 14.4. The normalized spacial score (nSPS) is 19.6. The summed E-state index contributed by atoms with van der Waals surface area (Å²) in [6, 6.07) is 4.68. The van der Waals surface area contributed by atoms with Gasteiger partial charge in [-0.3, -0.25) is 0 Å². The molecule has 1 aromatic carbocycles. The first kappa shape index (κ1) is 26.5. The van der Waals surface area contributed by atoms with Crippen LogP contribution in [0.2, 0.25) is 0 Å². The standard InChI is InChI=1S/C24H39BFNO5/c1-16(2)14-24(10,27-20(28)30-21(3,4)5)15-29-19-12-11-17(13-18(19)26)25-31-22(6,7)23(8,9)32-25/h11-13,16H,14-15H2,1-10H3,(H,27,28). The van der Waals surface area contributed by atoms with Crippen LogP contribution in [0.25, 0.3) is 0 Å². The SMILES string of the molecule is CC(C)CC(C)(COc1ccc(B2OC(C)(C)C(C)(C)O2)cc1F)NC(=O)OC(C)(C)C. The Hall–Kier alpha value is -1.80. The zero-order chi connectivity index (χ0) is 24.5. The second kappa shape index (κ2) is 9.22. The Labute approximate surface area is 192 Å². The fraction of sp³-hybridized carbons (Fsp3) is 0.708. The maximum absolute atomic E-state index is 14.9. The highest BCUT2D eigenvalue weighted by molar-refractivity contribution is 6.62. The summed E-state index contributed by atoms with van der Waals surface area (Å²) in [4.78, 5) is 12.3. The van der Waals surface area contributed by atoms with Gasteiger partial charge < -0.3 is 24.1 Å². The number of rotatable bonds is 7. The summed E-state index contributed by atoms with van der Waals surface area (Å²) in [7, 11) is -0.649. The molecule has 1 fully saturated rings. The Morgan fingerprint density at radius 2 is 1.69 bits per heavy atom. The van der Waals surface area contributed by atoms with Crippen LogP contribution in [0.3, 0.4) is 0 Å². The molecule has 0 aliphatic carbocycles. The molecule has 0 bridgehead atoms. The first-order valence-electron chi connectivity index (χ1n) is 11.2. The second-order valence-electron chi connectivity index (χ2n) is 11.4. The van der Waals surface area contributed by atoms with Crippen molar-refractivity contribution >= 4 is 18.7 Å². The van der Waals surface area contributed by atoms with Gasteiger partial charge in [-0.05, 0) is 85.3 Å². The molecule has 1 N–H and O–H groups in total. The molecule has 32 heavy (non-hydrogen) atoms. The number of ether oxygens (including phenoxy) is 2. The third kappa shape index (κ3) is 6.85. The summed E-state index contributed by atoms with van der Waals surface area (Å²) in [5, 5.41) is 2.90. The molecule has 1 aliphatic heterocycles. The van der Waals surface area contributed by atoms with Gasteiger partial charge in [0, 0.05) is 0 Å². The van der Waals surface area contributed by atoms with Gasteiger partial charge in [-0.1, -0.05) is 19.9 Å². The molecule has 1 amide bonds. The van der Waals surface area contributed by atoms with Crippen molar-refractivity contribution in [3.05, 3.63) is 24.0 Å². The van der Waals surface area contributed by atoms with Crippen molar-refractivity contribution in [3.8, 4) is 5.75 Å². The molecular formula is C24H39BFNO5. The van der Waals surface area contributed by atoms with Gasteiger partial charge in [0.25, 0.3) is 0 Å². The van der Waals surface area contributed by atoms with Crippen LogP contribution in [-0.2, 0) is 14.0 Å². The van der Waals surface area contributed by atoms with Crippen LogP contribution in [0, 0.1) is 11.7 Å². The molecule has 1 aliphatic rings. The lowest BCUT2D eigenvalue weighted by Crippen LogP contribution is -2.52. The van der Waals surface area contributed by atoms with Crippen LogP contribution in [0.15, 0.2) is 18.2 Å². The van der Waals surface area contributed by atoms with Gasteiger partial charge in [0.2, 0.25) is 0 Å². The van der Waals surface area contributed by atoms with Gasteiger partial charge in [0.05, 0.1) is 16.7 Å². The maximum Gasteiger partial charge on any atom is 0.494 e. The van der Waals surface area contributed by atoms with Crippen LogP contribution >= 0.6 is 0 Å². The molecule has 0 aromatic heterocycles. The number of nitrogens with one attached hydrogen (secondary N) is 1. The lowest BCUT2D eigenvalue weighted by Gasteiger charge is -2.33.